The molecule has 3 nitrogen and oxygen atoms in total. The van der Waals surface area contributed by atoms with Crippen molar-refractivity contribution in [3.8, 4) is 0 Å². The molecule has 0 saturated carbocycles. The van der Waals surface area contributed by atoms with Gasteiger partial charge in [-0.15, -0.1) is 0 Å². The number of rotatable bonds is 4. The Hall–Kier alpha value is -1.55. The highest BCUT2D eigenvalue weighted by atomic mass is 79.9. The lowest BCUT2D eigenvalue weighted by Crippen LogP contribution is -2.31. The molecule has 0 spiro atoms. The lowest BCUT2D eigenvalue weighted by atomic mass is 10.2. The molecule has 0 aliphatic rings. The molecule has 1 heterocycles. The van der Waals surface area contributed by atoms with Crippen LogP contribution in [-0.2, 0) is 11.3 Å². The summed E-state index contributed by atoms with van der Waals surface area (Å²) in [4.78, 5) is 13.7. The summed E-state index contributed by atoms with van der Waals surface area (Å²) >= 11 is 3.21. The van der Waals surface area contributed by atoms with Crippen LogP contribution in [0.2, 0.25) is 0 Å². The summed E-state index contributed by atoms with van der Waals surface area (Å²) < 4.78 is 5.52. The van der Waals surface area contributed by atoms with Gasteiger partial charge in [-0.05, 0) is 31.2 Å². The summed E-state index contributed by atoms with van der Waals surface area (Å²) in [7, 11) is 0. The van der Waals surface area contributed by atoms with Crippen molar-refractivity contribution in [3.63, 3.8) is 0 Å². The van der Waals surface area contributed by atoms with Gasteiger partial charge < -0.3 is 9.32 Å². The Morgan fingerprint density at radius 1 is 1.22 bits per heavy atom. The van der Waals surface area contributed by atoms with Crippen LogP contribution in [0.5, 0.6) is 0 Å². The Kier molecular flexibility index (Phi) is 4.20. The van der Waals surface area contributed by atoms with Crippen LogP contribution in [0.15, 0.2) is 46.9 Å². The van der Waals surface area contributed by atoms with Crippen LogP contribution in [0, 0.1) is 6.92 Å². The van der Waals surface area contributed by atoms with Crippen LogP contribution >= 0.6 is 15.9 Å². The third-order valence-electron chi connectivity index (χ3n) is 2.59. The Morgan fingerprint density at radius 3 is 2.50 bits per heavy atom. The maximum Gasteiger partial charge on any atom is 0.238 e. The molecule has 0 bridgehead atoms. The van der Waals surface area contributed by atoms with Crippen LogP contribution in [0.1, 0.15) is 11.5 Å². The molecule has 4 heteroatoms. The van der Waals surface area contributed by atoms with Crippen molar-refractivity contribution in [1.82, 2.24) is 0 Å². The van der Waals surface area contributed by atoms with Gasteiger partial charge in [0.1, 0.15) is 11.5 Å². The smallest absolute Gasteiger partial charge is 0.238 e. The molecule has 0 radical (unpaired) electrons. The normalized spacial score (nSPS) is 10.3. The fourth-order valence-electron chi connectivity index (χ4n) is 1.73. The van der Waals surface area contributed by atoms with E-state index < -0.39 is 0 Å². The second kappa shape index (κ2) is 5.87. The number of nitrogens with zero attached hydrogens (tertiary/aromatic N) is 1. The van der Waals surface area contributed by atoms with Crippen molar-refractivity contribution >= 4 is 27.5 Å². The van der Waals surface area contributed by atoms with Crippen LogP contribution in [-0.4, -0.2) is 11.2 Å². The molecule has 0 atom stereocenters. The van der Waals surface area contributed by atoms with E-state index in [4.69, 9.17) is 4.42 Å². The van der Waals surface area contributed by atoms with Gasteiger partial charge in [-0.2, -0.15) is 0 Å². The third kappa shape index (κ3) is 3.01. The molecule has 0 saturated heterocycles. The Bertz CT molecular complexity index is 522. The zero-order valence-electron chi connectivity index (χ0n) is 10.1. The zero-order valence-corrected chi connectivity index (χ0v) is 11.7. The fraction of sp³-hybridized carbons (Fsp3) is 0.214. The molecule has 1 amide bonds. The molecule has 1 aromatic carbocycles. The number of aryl methyl sites for hydroxylation is 1. The monoisotopic (exact) mass is 307 g/mol. The predicted molar refractivity (Wildman–Crippen MR) is 74.9 cm³/mol. The lowest BCUT2D eigenvalue weighted by Gasteiger charge is -2.20. The highest BCUT2D eigenvalue weighted by Crippen LogP contribution is 2.18. The van der Waals surface area contributed by atoms with Crippen LogP contribution in [0.4, 0.5) is 5.69 Å². The molecule has 1 aromatic heterocycles. The minimum atomic E-state index is 0.00949. The largest absolute Gasteiger partial charge is 0.464 e. The first-order valence-electron chi connectivity index (χ1n) is 5.67. The third-order valence-corrected chi connectivity index (χ3v) is 3.07. The molecule has 2 rings (SSSR count). The molecule has 0 aliphatic carbocycles. The topological polar surface area (TPSA) is 33.5 Å². The average molecular weight is 308 g/mol. The van der Waals surface area contributed by atoms with Crippen molar-refractivity contribution in [1.29, 1.82) is 0 Å². The van der Waals surface area contributed by atoms with Gasteiger partial charge >= 0.3 is 0 Å². The molecule has 0 aliphatic heterocycles. The summed E-state index contributed by atoms with van der Waals surface area (Å²) in [6, 6.07) is 13.4. The van der Waals surface area contributed by atoms with Crippen LogP contribution in [0.3, 0.4) is 0 Å². The summed E-state index contributed by atoms with van der Waals surface area (Å²) in [6.45, 7) is 2.34. The minimum Gasteiger partial charge on any atom is -0.464 e. The van der Waals surface area contributed by atoms with E-state index in [1.54, 1.807) is 4.90 Å². The number of amides is 1. The molecule has 0 unspecified atom stereocenters. The number of benzene rings is 1. The Morgan fingerprint density at radius 2 is 1.94 bits per heavy atom. The predicted octanol–water partition coefficient (Wildman–Crippen LogP) is 3.52. The molecule has 18 heavy (non-hydrogen) atoms. The number of hydrogen-bond donors (Lipinski definition) is 0. The number of furan rings is 1. The summed E-state index contributed by atoms with van der Waals surface area (Å²) in [5, 5.41) is 0.293. The van der Waals surface area contributed by atoms with E-state index in [1.807, 2.05) is 49.4 Å². The summed E-state index contributed by atoms with van der Waals surface area (Å²) in [5.41, 5.74) is 0.871. The van der Waals surface area contributed by atoms with Crippen molar-refractivity contribution in [2.24, 2.45) is 0 Å². The number of para-hydroxylation sites is 1. The van der Waals surface area contributed by atoms with Gasteiger partial charge in [0.15, 0.2) is 0 Å². The van der Waals surface area contributed by atoms with Crippen LogP contribution in [0.25, 0.3) is 0 Å². The Balaban J connectivity index is 2.24. The van der Waals surface area contributed by atoms with E-state index in [0.717, 1.165) is 17.2 Å². The van der Waals surface area contributed by atoms with Crippen molar-refractivity contribution in [3.05, 3.63) is 54.0 Å². The first-order chi connectivity index (χ1) is 8.70. The van der Waals surface area contributed by atoms with E-state index in [1.165, 1.54) is 0 Å². The van der Waals surface area contributed by atoms with Gasteiger partial charge in [-0.3, -0.25) is 4.79 Å². The second-order valence-electron chi connectivity index (χ2n) is 3.96. The SMILES string of the molecule is Cc1ccc(CN(C(=O)CBr)c2ccccc2)o1. The van der Waals surface area contributed by atoms with E-state index in [0.29, 0.717) is 11.9 Å². The number of carbonyl (C=O) groups excluding carboxylic acids is 1. The molecule has 0 N–H and O–H groups in total. The fourth-order valence-corrected chi connectivity index (χ4v) is 2.03. The number of halogens is 1. The molecule has 0 fully saturated rings. The van der Waals surface area contributed by atoms with Crippen molar-refractivity contribution in [2.75, 3.05) is 10.2 Å². The molecule has 94 valence electrons. The highest BCUT2D eigenvalue weighted by Gasteiger charge is 2.16. The lowest BCUT2D eigenvalue weighted by molar-refractivity contribution is -0.116. The maximum absolute atomic E-state index is 12.0. The van der Waals surface area contributed by atoms with E-state index in [-0.39, 0.29) is 5.91 Å². The molecular weight excluding hydrogens is 294 g/mol. The average Bonchev–Trinajstić information content (AvgIpc) is 2.82. The van der Waals surface area contributed by atoms with Crippen molar-refractivity contribution < 1.29 is 9.21 Å². The van der Waals surface area contributed by atoms with Gasteiger partial charge in [-0.1, -0.05) is 34.1 Å². The van der Waals surface area contributed by atoms with Gasteiger partial charge in [0.05, 0.1) is 11.9 Å². The number of carbonyl (C=O) groups is 1. The molecule has 2 aromatic rings. The number of alkyl halides is 1. The first-order valence-corrected chi connectivity index (χ1v) is 6.79. The Labute approximate surface area is 115 Å². The second-order valence-corrected chi connectivity index (χ2v) is 4.52. The zero-order chi connectivity index (χ0) is 13.0. The molecular formula is C14H14BrNO2. The number of hydrogen-bond acceptors (Lipinski definition) is 2. The van der Waals surface area contributed by atoms with E-state index in [2.05, 4.69) is 15.9 Å². The number of anilines is 1. The van der Waals surface area contributed by atoms with Gasteiger partial charge in [0.2, 0.25) is 5.91 Å². The van der Waals surface area contributed by atoms with Gasteiger partial charge in [0.25, 0.3) is 0 Å². The van der Waals surface area contributed by atoms with E-state index >= 15 is 0 Å². The standard InChI is InChI=1S/C14H14BrNO2/c1-11-7-8-13(18-11)10-16(14(17)9-15)12-5-3-2-4-6-12/h2-8H,9-10H2,1H3. The van der Waals surface area contributed by atoms with Crippen LogP contribution < -0.4 is 4.90 Å². The quantitative estimate of drug-likeness (QED) is 0.810. The summed E-state index contributed by atoms with van der Waals surface area (Å²) in [5.74, 6) is 1.64. The summed E-state index contributed by atoms with van der Waals surface area (Å²) in [6.07, 6.45) is 0. The highest BCUT2D eigenvalue weighted by molar-refractivity contribution is 9.09. The van der Waals surface area contributed by atoms with Crippen molar-refractivity contribution in [2.45, 2.75) is 13.5 Å². The minimum absolute atomic E-state index is 0.00949. The van der Waals surface area contributed by atoms with Gasteiger partial charge in [0, 0.05) is 5.69 Å². The van der Waals surface area contributed by atoms with Gasteiger partial charge in [-0.25, -0.2) is 0 Å². The van der Waals surface area contributed by atoms with E-state index in [9.17, 15) is 4.79 Å². The maximum atomic E-state index is 12.0. The first kappa shape index (κ1) is 12.9.